The van der Waals surface area contributed by atoms with E-state index in [1.54, 1.807) is 0 Å². The van der Waals surface area contributed by atoms with E-state index in [2.05, 4.69) is 23.9 Å². The van der Waals surface area contributed by atoms with E-state index in [-0.39, 0.29) is 5.75 Å². The molecule has 0 unspecified atom stereocenters. The lowest BCUT2D eigenvalue weighted by Gasteiger charge is -2.08. The van der Waals surface area contributed by atoms with Gasteiger partial charge in [-0.2, -0.15) is 0 Å². The minimum absolute atomic E-state index is 0.263. The molecule has 0 aromatic carbocycles. The van der Waals surface area contributed by atoms with Crippen LogP contribution in [0.4, 0.5) is 0 Å². The summed E-state index contributed by atoms with van der Waals surface area (Å²) in [6.45, 7) is 5.73. The molecule has 0 heterocycles. The fourth-order valence-electron chi connectivity index (χ4n) is 1.45. The van der Waals surface area contributed by atoms with Gasteiger partial charge < -0.3 is 5.32 Å². The molecule has 0 spiro atoms. The van der Waals surface area contributed by atoms with Crippen molar-refractivity contribution >= 4 is 10.0 Å². The fourth-order valence-corrected chi connectivity index (χ4v) is 2.66. The van der Waals surface area contributed by atoms with Crippen LogP contribution in [0.5, 0.6) is 0 Å². The van der Waals surface area contributed by atoms with Crippen molar-refractivity contribution in [1.29, 1.82) is 0 Å². The average molecular weight is 248 g/mol. The highest BCUT2D eigenvalue weighted by atomic mass is 32.2. The summed E-state index contributed by atoms with van der Waals surface area (Å²) in [6, 6.07) is 0.476. The summed E-state index contributed by atoms with van der Waals surface area (Å²) in [7, 11) is -3.02. The quantitative estimate of drug-likeness (QED) is 0.601. The molecule has 96 valence electrons. The maximum atomic E-state index is 11.5. The molecule has 1 rings (SSSR count). The maximum Gasteiger partial charge on any atom is 0.211 e. The van der Waals surface area contributed by atoms with Crippen LogP contribution < -0.4 is 10.0 Å². The van der Waals surface area contributed by atoms with Crippen molar-refractivity contribution in [2.24, 2.45) is 5.92 Å². The van der Waals surface area contributed by atoms with E-state index in [0.29, 0.717) is 18.5 Å². The third kappa shape index (κ3) is 7.19. The zero-order chi connectivity index (χ0) is 12.0. The first-order chi connectivity index (χ1) is 7.49. The first-order valence-corrected chi connectivity index (χ1v) is 7.85. The summed E-state index contributed by atoms with van der Waals surface area (Å²) in [5.41, 5.74) is 0. The molecule has 0 aliphatic heterocycles. The lowest BCUT2D eigenvalue weighted by molar-refractivity contribution is 0.554. The third-order valence-corrected chi connectivity index (χ3v) is 4.11. The minimum atomic E-state index is -3.02. The Morgan fingerprint density at radius 3 is 2.50 bits per heavy atom. The summed E-state index contributed by atoms with van der Waals surface area (Å²) >= 11 is 0. The highest BCUT2D eigenvalue weighted by molar-refractivity contribution is 7.89. The van der Waals surface area contributed by atoms with Crippen molar-refractivity contribution < 1.29 is 8.42 Å². The van der Waals surface area contributed by atoms with Crippen LogP contribution in [0.1, 0.15) is 39.5 Å². The number of hydrogen-bond acceptors (Lipinski definition) is 3. The number of rotatable bonds is 9. The standard InChI is InChI=1S/C11H24N2O2S/c1-10(2)12-7-3-4-8-16(14,15)13-9-11-5-6-11/h10-13H,3-9H2,1-2H3. The largest absolute Gasteiger partial charge is 0.315 e. The Labute approximate surface area is 99.2 Å². The number of unbranched alkanes of at least 4 members (excludes halogenated alkanes) is 1. The zero-order valence-electron chi connectivity index (χ0n) is 10.3. The van der Waals surface area contributed by atoms with Crippen molar-refractivity contribution in [3.05, 3.63) is 0 Å². The van der Waals surface area contributed by atoms with Gasteiger partial charge in [0.15, 0.2) is 0 Å². The van der Waals surface area contributed by atoms with Gasteiger partial charge in [0.05, 0.1) is 5.75 Å². The third-order valence-electron chi connectivity index (χ3n) is 2.68. The average Bonchev–Trinajstić information content (AvgIpc) is 2.97. The lowest BCUT2D eigenvalue weighted by atomic mass is 10.3. The van der Waals surface area contributed by atoms with E-state index >= 15 is 0 Å². The Bertz CT molecular complexity index is 284. The molecule has 0 saturated heterocycles. The molecule has 4 nitrogen and oxygen atoms in total. The first kappa shape index (κ1) is 13.9. The van der Waals surface area contributed by atoms with E-state index < -0.39 is 10.0 Å². The zero-order valence-corrected chi connectivity index (χ0v) is 11.1. The van der Waals surface area contributed by atoms with Crippen LogP contribution in [0.25, 0.3) is 0 Å². The predicted octanol–water partition coefficient (Wildman–Crippen LogP) is 1.09. The maximum absolute atomic E-state index is 11.5. The van der Waals surface area contributed by atoms with Gasteiger partial charge >= 0.3 is 0 Å². The Morgan fingerprint density at radius 1 is 1.25 bits per heavy atom. The van der Waals surface area contributed by atoms with E-state index in [9.17, 15) is 8.42 Å². The van der Waals surface area contributed by atoms with Gasteiger partial charge in [-0.3, -0.25) is 0 Å². The van der Waals surface area contributed by atoms with Crippen LogP contribution in [-0.2, 0) is 10.0 Å². The monoisotopic (exact) mass is 248 g/mol. The van der Waals surface area contributed by atoms with Gasteiger partial charge in [0.1, 0.15) is 0 Å². The lowest BCUT2D eigenvalue weighted by Crippen LogP contribution is -2.29. The summed E-state index contributed by atoms with van der Waals surface area (Å²) < 4.78 is 25.7. The molecule has 2 N–H and O–H groups in total. The SMILES string of the molecule is CC(C)NCCCCS(=O)(=O)NCC1CC1. The minimum Gasteiger partial charge on any atom is -0.315 e. The molecule has 5 heteroatoms. The molecule has 1 aliphatic carbocycles. The molecule has 0 radical (unpaired) electrons. The molecule has 0 aromatic rings. The van der Waals surface area contributed by atoms with Crippen molar-refractivity contribution in [2.75, 3.05) is 18.8 Å². The summed E-state index contributed by atoms with van der Waals surface area (Å²) in [6.07, 6.45) is 4.02. The highest BCUT2D eigenvalue weighted by Crippen LogP contribution is 2.27. The Kier molecular flexibility index (Phi) is 5.72. The van der Waals surface area contributed by atoms with Crippen molar-refractivity contribution in [1.82, 2.24) is 10.0 Å². The summed E-state index contributed by atoms with van der Waals surface area (Å²) in [5, 5.41) is 3.28. The van der Waals surface area contributed by atoms with Crippen LogP contribution >= 0.6 is 0 Å². The number of nitrogens with one attached hydrogen (secondary N) is 2. The second kappa shape index (κ2) is 6.57. The Balaban J connectivity index is 2.01. The van der Waals surface area contributed by atoms with E-state index in [4.69, 9.17) is 0 Å². The van der Waals surface area contributed by atoms with Crippen molar-refractivity contribution in [3.8, 4) is 0 Å². The topological polar surface area (TPSA) is 58.2 Å². The second-order valence-corrected chi connectivity index (χ2v) is 6.85. The summed E-state index contributed by atoms with van der Waals surface area (Å²) in [4.78, 5) is 0. The van der Waals surface area contributed by atoms with Gasteiger partial charge in [0.2, 0.25) is 10.0 Å². The molecule has 0 bridgehead atoms. The van der Waals surface area contributed by atoms with E-state index in [1.165, 1.54) is 12.8 Å². The molecule has 16 heavy (non-hydrogen) atoms. The Hall–Kier alpha value is -0.130. The van der Waals surface area contributed by atoms with Crippen LogP contribution in [0.15, 0.2) is 0 Å². The normalized spacial score (nSPS) is 16.9. The number of sulfonamides is 1. The molecular formula is C11H24N2O2S. The molecule has 1 saturated carbocycles. The van der Waals surface area contributed by atoms with E-state index in [0.717, 1.165) is 19.4 Å². The molecular weight excluding hydrogens is 224 g/mol. The molecule has 0 atom stereocenters. The van der Waals surface area contributed by atoms with Crippen LogP contribution in [0.2, 0.25) is 0 Å². The van der Waals surface area contributed by atoms with Gasteiger partial charge in [-0.25, -0.2) is 13.1 Å². The fraction of sp³-hybridized carbons (Fsp3) is 1.00. The van der Waals surface area contributed by atoms with Crippen molar-refractivity contribution in [2.45, 2.75) is 45.6 Å². The van der Waals surface area contributed by atoms with Gasteiger partial charge in [-0.15, -0.1) is 0 Å². The van der Waals surface area contributed by atoms with Gasteiger partial charge in [0, 0.05) is 12.6 Å². The highest BCUT2D eigenvalue weighted by Gasteiger charge is 2.23. The summed E-state index contributed by atoms with van der Waals surface area (Å²) in [5.74, 6) is 0.872. The van der Waals surface area contributed by atoms with Crippen LogP contribution in [-0.4, -0.2) is 33.3 Å². The molecule has 1 aliphatic rings. The predicted molar refractivity (Wildman–Crippen MR) is 66.9 cm³/mol. The van der Waals surface area contributed by atoms with Gasteiger partial charge in [0.25, 0.3) is 0 Å². The second-order valence-electron chi connectivity index (χ2n) is 4.93. The van der Waals surface area contributed by atoms with E-state index in [1.807, 2.05) is 0 Å². The molecule has 1 fully saturated rings. The van der Waals surface area contributed by atoms with Crippen LogP contribution in [0.3, 0.4) is 0 Å². The molecule has 0 amide bonds. The molecule has 0 aromatic heterocycles. The van der Waals surface area contributed by atoms with Crippen LogP contribution in [0, 0.1) is 5.92 Å². The Morgan fingerprint density at radius 2 is 1.94 bits per heavy atom. The number of hydrogen-bond donors (Lipinski definition) is 2. The van der Waals surface area contributed by atoms with Gasteiger partial charge in [-0.05, 0) is 38.1 Å². The first-order valence-electron chi connectivity index (χ1n) is 6.20. The smallest absolute Gasteiger partial charge is 0.211 e. The van der Waals surface area contributed by atoms with Gasteiger partial charge in [-0.1, -0.05) is 13.8 Å². The van der Waals surface area contributed by atoms with Crippen molar-refractivity contribution in [3.63, 3.8) is 0 Å².